The molecule has 20 heavy (non-hydrogen) atoms. The maximum absolute atomic E-state index is 4.60. The van der Waals surface area contributed by atoms with Gasteiger partial charge in [0.25, 0.3) is 0 Å². The highest BCUT2D eigenvalue weighted by Crippen LogP contribution is 2.25. The Morgan fingerprint density at radius 2 is 2.25 bits per heavy atom. The van der Waals surface area contributed by atoms with Crippen molar-refractivity contribution in [2.75, 3.05) is 18.0 Å². The van der Waals surface area contributed by atoms with Crippen LogP contribution in [-0.2, 0) is 0 Å². The first kappa shape index (κ1) is 11.5. The average molecular weight is 268 g/mol. The molecule has 1 aliphatic rings. The number of aryl methyl sites for hydroxylation is 1. The normalized spacial score (nSPS) is 19.1. The van der Waals surface area contributed by atoms with Crippen molar-refractivity contribution in [1.82, 2.24) is 24.4 Å². The molecule has 1 aliphatic heterocycles. The van der Waals surface area contributed by atoms with Gasteiger partial charge in [-0.05, 0) is 31.0 Å². The Balaban J connectivity index is 1.58. The second-order valence-corrected chi connectivity index (χ2v) is 5.31. The highest BCUT2D eigenvalue weighted by Gasteiger charge is 2.25. The Kier molecular flexibility index (Phi) is 2.48. The van der Waals surface area contributed by atoms with E-state index in [-0.39, 0.29) is 0 Å². The van der Waals surface area contributed by atoms with Crippen molar-refractivity contribution in [3.8, 4) is 0 Å². The molecular formula is C14H16N6. The van der Waals surface area contributed by atoms with Gasteiger partial charge in [0.15, 0.2) is 5.65 Å². The summed E-state index contributed by atoms with van der Waals surface area (Å²) >= 11 is 0. The monoisotopic (exact) mass is 268 g/mol. The molecule has 0 amide bonds. The van der Waals surface area contributed by atoms with Gasteiger partial charge in [-0.2, -0.15) is 5.10 Å². The Labute approximate surface area is 116 Å². The van der Waals surface area contributed by atoms with E-state index in [9.17, 15) is 0 Å². The molecule has 4 heterocycles. The lowest BCUT2D eigenvalue weighted by molar-refractivity contribution is 0.494. The number of nitrogens with zero attached hydrogens (tertiary/aromatic N) is 6. The summed E-state index contributed by atoms with van der Waals surface area (Å²) in [6, 6.07) is 4.48. The molecule has 0 bridgehead atoms. The van der Waals surface area contributed by atoms with Crippen LogP contribution in [0.2, 0.25) is 0 Å². The minimum atomic E-state index is 0.434. The standard InChI is InChI=1S/C14H16N6/c1-11-8-16-20(9-11)12-4-6-18(10-12)14-3-2-13-15-5-7-19(13)17-14/h2-3,5,7-9,12H,4,6,10H2,1H3. The van der Waals surface area contributed by atoms with Crippen LogP contribution < -0.4 is 4.90 Å². The van der Waals surface area contributed by atoms with Crippen LogP contribution in [-0.4, -0.2) is 37.5 Å². The van der Waals surface area contributed by atoms with Gasteiger partial charge in [-0.15, -0.1) is 5.10 Å². The summed E-state index contributed by atoms with van der Waals surface area (Å²) in [5.74, 6) is 1.00. The van der Waals surface area contributed by atoms with E-state index in [1.165, 1.54) is 5.56 Å². The van der Waals surface area contributed by atoms with Gasteiger partial charge in [0.05, 0.1) is 12.2 Å². The van der Waals surface area contributed by atoms with Gasteiger partial charge >= 0.3 is 0 Å². The summed E-state index contributed by atoms with van der Waals surface area (Å²) < 4.78 is 3.89. The van der Waals surface area contributed by atoms with Gasteiger partial charge in [-0.1, -0.05) is 0 Å². The van der Waals surface area contributed by atoms with E-state index < -0.39 is 0 Å². The Morgan fingerprint density at radius 3 is 3.10 bits per heavy atom. The first-order chi connectivity index (χ1) is 9.79. The number of rotatable bonds is 2. The number of imidazole rings is 1. The Morgan fingerprint density at radius 1 is 1.30 bits per heavy atom. The Bertz CT molecular complexity index is 743. The molecule has 0 spiro atoms. The highest BCUT2D eigenvalue weighted by atomic mass is 15.4. The molecule has 3 aromatic heterocycles. The molecule has 1 unspecified atom stereocenters. The fourth-order valence-electron chi connectivity index (χ4n) is 2.77. The van der Waals surface area contributed by atoms with E-state index in [1.54, 1.807) is 6.20 Å². The fraction of sp³-hybridized carbons (Fsp3) is 0.357. The largest absolute Gasteiger partial charge is 0.353 e. The summed E-state index contributed by atoms with van der Waals surface area (Å²) in [6.45, 7) is 4.04. The van der Waals surface area contributed by atoms with Crippen LogP contribution in [0.1, 0.15) is 18.0 Å². The van der Waals surface area contributed by atoms with Crippen molar-refractivity contribution < 1.29 is 0 Å². The van der Waals surface area contributed by atoms with Crippen molar-refractivity contribution in [1.29, 1.82) is 0 Å². The van der Waals surface area contributed by atoms with Gasteiger partial charge in [-0.25, -0.2) is 9.50 Å². The zero-order chi connectivity index (χ0) is 13.5. The number of hydrogen-bond donors (Lipinski definition) is 0. The average Bonchev–Trinajstić information content (AvgIpc) is 3.17. The quantitative estimate of drug-likeness (QED) is 0.709. The molecule has 0 aliphatic carbocycles. The van der Waals surface area contributed by atoms with E-state index in [2.05, 4.69) is 37.9 Å². The van der Waals surface area contributed by atoms with Crippen molar-refractivity contribution >= 4 is 11.5 Å². The van der Waals surface area contributed by atoms with Crippen molar-refractivity contribution in [3.05, 3.63) is 42.5 Å². The predicted molar refractivity (Wildman–Crippen MR) is 75.8 cm³/mol. The Hall–Kier alpha value is -2.37. The fourth-order valence-corrected chi connectivity index (χ4v) is 2.77. The maximum atomic E-state index is 4.60. The van der Waals surface area contributed by atoms with Gasteiger partial charge in [0.2, 0.25) is 0 Å². The molecule has 6 nitrogen and oxygen atoms in total. The molecule has 0 saturated carbocycles. The summed E-state index contributed by atoms with van der Waals surface area (Å²) in [6.07, 6.45) is 8.78. The van der Waals surface area contributed by atoms with Gasteiger partial charge < -0.3 is 4.90 Å². The van der Waals surface area contributed by atoms with E-state index in [4.69, 9.17) is 0 Å². The van der Waals surface area contributed by atoms with Crippen LogP contribution >= 0.6 is 0 Å². The number of fused-ring (bicyclic) bond motifs is 1. The van der Waals surface area contributed by atoms with Gasteiger partial charge in [-0.3, -0.25) is 4.68 Å². The molecule has 1 atom stereocenters. The summed E-state index contributed by atoms with van der Waals surface area (Å²) in [5, 5.41) is 9.02. The molecule has 1 saturated heterocycles. The van der Waals surface area contributed by atoms with Crippen LogP contribution in [0.25, 0.3) is 5.65 Å². The first-order valence-corrected chi connectivity index (χ1v) is 6.86. The molecule has 4 rings (SSSR count). The smallest absolute Gasteiger partial charge is 0.153 e. The molecule has 0 radical (unpaired) electrons. The van der Waals surface area contributed by atoms with Crippen LogP contribution in [0.4, 0.5) is 5.82 Å². The third kappa shape index (κ3) is 1.84. The number of hydrogen-bond acceptors (Lipinski definition) is 4. The second kappa shape index (κ2) is 4.33. The van der Waals surface area contributed by atoms with Crippen molar-refractivity contribution in [2.45, 2.75) is 19.4 Å². The lowest BCUT2D eigenvalue weighted by Gasteiger charge is -2.17. The van der Waals surface area contributed by atoms with Gasteiger partial charge in [0.1, 0.15) is 5.82 Å². The zero-order valence-electron chi connectivity index (χ0n) is 11.3. The molecule has 1 fully saturated rings. The molecular weight excluding hydrogens is 252 g/mol. The number of anilines is 1. The van der Waals surface area contributed by atoms with Crippen LogP contribution in [0.15, 0.2) is 36.9 Å². The maximum Gasteiger partial charge on any atom is 0.153 e. The highest BCUT2D eigenvalue weighted by molar-refractivity contribution is 5.46. The van der Waals surface area contributed by atoms with Crippen molar-refractivity contribution in [3.63, 3.8) is 0 Å². The van der Waals surface area contributed by atoms with Crippen LogP contribution in [0.5, 0.6) is 0 Å². The predicted octanol–water partition coefficient (Wildman–Crippen LogP) is 1.69. The lowest BCUT2D eigenvalue weighted by atomic mass is 10.3. The molecule has 0 aromatic carbocycles. The second-order valence-electron chi connectivity index (χ2n) is 5.31. The molecule has 0 N–H and O–H groups in total. The van der Waals surface area contributed by atoms with E-state index in [0.29, 0.717) is 6.04 Å². The topological polar surface area (TPSA) is 51.2 Å². The minimum absolute atomic E-state index is 0.434. The summed E-state index contributed by atoms with van der Waals surface area (Å²) in [7, 11) is 0. The van der Waals surface area contributed by atoms with Crippen molar-refractivity contribution in [2.24, 2.45) is 0 Å². The zero-order valence-corrected chi connectivity index (χ0v) is 11.3. The van der Waals surface area contributed by atoms with Crippen LogP contribution in [0, 0.1) is 6.92 Å². The molecule has 3 aromatic rings. The van der Waals surface area contributed by atoms with E-state index in [0.717, 1.165) is 31.0 Å². The van der Waals surface area contributed by atoms with Gasteiger partial charge in [0, 0.05) is 31.7 Å². The van der Waals surface area contributed by atoms with E-state index >= 15 is 0 Å². The van der Waals surface area contributed by atoms with E-state index in [1.807, 2.05) is 29.0 Å². The minimum Gasteiger partial charge on any atom is -0.353 e. The molecule has 102 valence electrons. The summed E-state index contributed by atoms with van der Waals surface area (Å²) in [5.41, 5.74) is 2.09. The first-order valence-electron chi connectivity index (χ1n) is 6.86. The number of aromatic nitrogens is 5. The SMILES string of the molecule is Cc1cnn(C2CCN(c3ccc4nccn4n3)C2)c1. The third-order valence-electron chi connectivity index (χ3n) is 3.83. The molecule has 6 heteroatoms. The lowest BCUT2D eigenvalue weighted by Crippen LogP contribution is -2.22. The van der Waals surface area contributed by atoms with Crippen LogP contribution in [0.3, 0.4) is 0 Å². The third-order valence-corrected chi connectivity index (χ3v) is 3.83. The summed E-state index contributed by atoms with van der Waals surface area (Å²) in [4.78, 5) is 6.53.